The number of halogens is 1. The van der Waals surface area contributed by atoms with Crippen molar-refractivity contribution < 1.29 is 4.79 Å². The number of carbonyl (C=O) groups is 1. The van der Waals surface area contributed by atoms with E-state index in [1.165, 1.54) is 11.3 Å². The maximum Gasteiger partial charge on any atom is 0.267 e. The molecule has 0 aromatic carbocycles. The Morgan fingerprint density at radius 2 is 2.31 bits per heavy atom. The second-order valence-electron chi connectivity index (χ2n) is 3.04. The quantitative estimate of drug-likeness (QED) is 0.867. The van der Waals surface area contributed by atoms with Crippen molar-refractivity contribution in [2.24, 2.45) is 0 Å². The molecule has 2 aromatic heterocycles. The van der Waals surface area contributed by atoms with Crippen LogP contribution in [0.4, 0.5) is 5.69 Å². The van der Waals surface area contributed by atoms with Crippen molar-refractivity contribution in [1.29, 1.82) is 0 Å². The number of hydrogen-bond donors (Lipinski definition) is 1. The Hall–Kier alpha value is -1.27. The molecule has 0 saturated heterocycles. The topological polar surface area (TPSA) is 54.9 Å². The average molecular weight is 298 g/mol. The molecule has 0 unspecified atom stereocenters. The molecule has 82 valence electrons. The summed E-state index contributed by atoms with van der Waals surface area (Å²) in [6.07, 6.45) is 3.22. The van der Waals surface area contributed by atoms with E-state index >= 15 is 0 Å². The SMILES string of the molecule is Cc1ncc(C(=O)Nc2cccnc2Br)s1. The van der Waals surface area contributed by atoms with Crippen molar-refractivity contribution in [3.63, 3.8) is 0 Å². The number of thiazole rings is 1. The van der Waals surface area contributed by atoms with E-state index in [-0.39, 0.29) is 5.91 Å². The van der Waals surface area contributed by atoms with Gasteiger partial charge in [0.2, 0.25) is 0 Å². The van der Waals surface area contributed by atoms with Crippen LogP contribution in [0.5, 0.6) is 0 Å². The molecule has 0 saturated carbocycles. The van der Waals surface area contributed by atoms with Gasteiger partial charge in [0.15, 0.2) is 0 Å². The molecule has 0 fully saturated rings. The molecule has 0 atom stereocenters. The van der Waals surface area contributed by atoms with E-state index in [0.29, 0.717) is 15.2 Å². The highest BCUT2D eigenvalue weighted by Gasteiger charge is 2.10. The number of aryl methyl sites for hydroxylation is 1. The Bertz CT molecular complexity index is 526. The van der Waals surface area contributed by atoms with Crippen molar-refractivity contribution in [3.8, 4) is 0 Å². The largest absolute Gasteiger partial charge is 0.319 e. The first-order valence-electron chi connectivity index (χ1n) is 4.51. The van der Waals surface area contributed by atoms with E-state index in [9.17, 15) is 4.79 Å². The molecule has 0 aliphatic rings. The minimum Gasteiger partial charge on any atom is -0.319 e. The minimum absolute atomic E-state index is 0.167. The zero-order valence-electron chi connectivity index (χ0n) is 8.40. The number of anilines is 1. The third kappa shape index (κ3) is 2.45. The van der Waals surface area contributed by atoms with E-state index in [2.05, 4.69) is 31.2 Å². The van der Waals surface area contributed by atoms with E-state index in [0.717, 1.165) is 5.01 Å². The van der Waals surface area contributed by atoms with E-state index in [1.807, 2.05) is 6.92 Å². The fraction of sp³-hybridized carbons (Fsp3) is 0.100. The Morgan fingerprint density at radius 1 is 1.50 bits per heavy atom. The summed E-state index contributed by atoms with van der Waals surface area (Å²) in [7, 11) is 0. The van der Waals surface area contributed by atoms with Gasteiger partial charge >= 0.3 is 0 Å². The van der Waals surface area contributed by atoms with Gasteiger partial charge in [-0.25, -0.2) is 9.97 Å². The lowest BCUT2D eigenvalue weighted by molar-refractivity contribution is 0.103. The van der Waals surface area contributed by atoms with Gasteiger partial charge in [0.25, 0.3) is 5.91 Å². The summed E-state index contributed by atoms with van der Waals surface area (Å²) in [5.74, 6) is -0.167. The molecule has 4 nitrogen and oxygen atoms in total. The number of rotatable bonds is 2. The fourth-order valence-electron chi connectivity index (χ4n) is 1.13. The smallest absolute Gasteiger partial charge is 0.267 e. The van der Waals surface area contributed by atoms with Gasteiger partial charge in [-0.15, -0.1) is 11.3 Å². The van der Waals surface area contributed by atoms with E-state index in [4.69, 9.17) is 0 Å². The number of nitrogens with zero attached hydrogens (tertiary/aromatic N) is 2. The monoisotopic (exact) mass is 297 g/mol. The average Bonchev–Trinajstić information content (AvgIpc) is 2.68. The van der Waals surface area contributed by atoms with Gasteiger partial charge in [-0.3, -0.25) is 4.79 Å². The molecular formula is C10H8BrN3OS. The normalized spacial score (nSPS) is 10.1. The van der Waals surface area contributed by atoms with E-state index in [1.54, 1.807) is 24.5 Å². The number of hydrogen-bond acceptors (Lipinski definition) is 4. The van der Waals surface area contributed by atoms with Crippen LogP contribution in [0.3, 0.4) is 0 Å². The molecule has 6 heteroatoms. The minimum atomic E-state index is -0.167. The van der Waals surface area contributed by atoms with Gasteiger partial charge in [0.1, 0.15) is 9.48 Å². The predicted octanol–water partition coefficient (Wildman–Crippen LogP) is 2.86. The highest BCUT2D eigenvalue weighted by Crippen LogP contribution is 2.20. The summed E-state index contributed by atoms with van der Waals surface area (Å²) in [5, 5.41) is 3.63. The zero-order chi connectivity index (χ0) is 11.5. The molecule has 2 aromatic rings. The van der Waals surface area contributed by atoms with Crippen LogP contribution in [0.15, 0.2) is 29.1 Å². The van der Waals surface area contributed by atoms with E-state index < -0.39 is 0 Å². The summed E-state index contributed by atoms with van der Waals surface area (Å²) >= 11 is 4.63. The molecule has 2 rings (SSSR count). The highest BCUT2D eigenvalue weighted by atomic mass is 79.9. The summed E-state index contributed by atoms with van der Waals surface area (Å²) in [4.78, 5) is 20.4. The second kappa shape index (κ2) is 4.71. The molecule has 1 amide bonds. The molecule has 0 bridgehead atoms. The first kappa shape index (κ1) is 11.2. The van der Waals surface area contributed by atoms with Crippen LogP contribution in [0, 0.1) is 6.92 Å². The molecule has 0 spiro atoms. The predicted molar refractivity (Wildman–Crippen MR) is 66.7 cm³/mol. The molecule has 0 aliphatic carbocycles. The zero-order valence-corrected chi connectivity index (χ0v) is 10.8. The van der Waals surface area contributed by atoms with Crippen LogP contribution in [0.1, 0.15) is 14.7 Å². The summed E-state index contributed by atoms with van der Waals surface area (Å²) < 4.78 is 0.615. The van der Waals surface area contributed by atoms with Gasteiger partial charge in [-0.2, -0.15) is 0 Å². The lowest BCUT2D eigenvalue weighted by Gasteiger charge is -2.03. The first-order valence-corrected chi connectivity index (χ1v) is 6.12. The summed E-state index contributed by atoms with van der Waals surface area (Å²) in [6, 6.07) is 3.54. The number of aromatic nitrogens is 2. The molecule has 0 aliphatic heterocycles. The maximum atomic E-state index is 11.8. The number of carbonyl (C=O) groups excluding carboxylic acids is 1. The van der Waals surface area contributed by atoms with Crippen molar-refractivity contribution in [2.75, 3.05) is 5.32 Å². The fourth-order valence-corrected chi connectivity index (χ4v) is 2.15. The van der Waals surface area contributed by atoms with Gasteiger partial charge in [0.05, 0.1) is 16.9 Å². The molecule has 2 heterocycles. The van der Waals surface area contributed by atoms with Gasteiger partial charge in [-0.1, -0.05) is 0 Å². The lowest BCUT2D eigenvalue weighted by atomic mass is 10.4. The third-order valence-electron chi connectivity index (χ3n) is 1.85. The lowest BCUT2D eigenvalue weighted by Crippen LogP contribution is -2.10. The van der Waals surface area contributed by atoms with Gasteiger partial charge in [0, 0.05) is 6.20 Å². The Kier molecular flexibility index (Phi) is 3.31. The van der Waals surface area contributed by atoms with Crippen molar-refractivity contribution in [1.82, 2.24) is 9.97 Å². The molecular weight excluding hydrogens is 290 g/mol. The van der Waals surface area contributed by atoms with Gasteiger partial charge in [-0.05, 0) is 35.0 Å². The van der Waals surface area contributed by atoms with Crippen LogP contribution in [-0.2, 0) is 0 Å². The molecule has 0 radical (unpaired) electrons. The highest BCUT2D eigenvalue weighted by molar-refractivity contribution is 9.10. The standard InChI is InChI=1S/C10H8BrN3OS/c1-6-13-5-8(16-6)10(15)14-7-3-2-4-12-9(7)11/h2-5H,1H3,(H,14,15). The molecule has 1 N–H and O–H groups in total. The van der Waals surface area contributed by atoms with Crippen molar-refractivity contribution in [3.05, 3.63) is 39.0 Å². The van der Waals surface area contributed by atoms with Crippen LogP contribution in [-0.4, -0.2) is 15.9 Å². The van der Waals surface area contributed by atoms with Crippen LogP contribution >= 0.6 is 27.3 Å². The number of nitrogens with one attached hydrogen (secondary N) is 1. The van der Waals surface area contributed by atoms with Crippen LogP contribution < -0.4 is 5.32 Å². The Morgan fingerprint density at radius 3 is 2.94 bits per heavy atom. The van der Waals surface area contributed by atoms with Crippen molar-refractivity contribution >= 4 is 38.9 Å². The third-order valence-corrected chi connectivity index (χ3v) is 3.40. The van der Waals surface area contributed by atoms with Crippen LogP contribution in [0.2, 0.25) is 0 Å². The number of amides is 1. The summed E-state index contributed by atoms with van der Waals surface area (Å²) in [5.41, 5.74) is 0.651. The number of pyridine rings is 1. The second-order valence-corrected chi connectivity index (χ2v) is 5.03. The summed E-state index contributed by atoms with van der Waals surface area (Å²) in [6.45, 7) is 1.86. The maximum absolute atomic E-state index is 11.8. The Balaban J connectivity index is 2.17. The Labute approximate surface area is 105 Å². The van der Waals surface area contributed by atoms with Gasteiger partial charge < -0.3 is 5.32 Å². The van der Waals surface area contributed by atoms with Crippen LogP contribution in [0.25, 0.3) is 0 Å². The van der Waals surface area contributed by atoms with Crippen molar-refractivity contribution in [2.45, 2.75) is 6.92 Å². The first-order chi connectivity index (χ1) is 7.66. The molecule has 16 heavy (non-hydrogen) atoms.